The molecule has 1 aromatic heterocycles. The number of pyridine rings is 1. The number of hydrogen-bond acceptors (Lipinski definition) is 5. The van der Waals surface area contributed by atoms with E-state index in [9.17, 15) is 19.2 Å². The molecule has 1 saturated heterocycles. The van der Waals surface area contributed by atoms with E-state index in [-0.39, 0.29) is 19.0 Å². The average molecular weight is 337 g/mol. The van der Waals surface area contributed by atoms with Crippen molar-refractivity contribution < 1.29 is 24.2 Å². The monoisotopic (exact) mass is 337 g/mol. The number of amides is 2. The summed E-state index contributed by atoms with van der Waals surface area (Å²) in [6.45, 7) is 0.307. The van der Waals surface area contributed by atoms with E-state index in [1.165, 1.54) is 30.3 Å². The zero-order valence-corrected chi connectivity index (χ0v) is 13.2. The van der Waals surface area contributed by atoms with E-state index < -0.39 is 23.5 Å². The van der Waals surface area contributed by atoms with Gasteiger partial charge in [-0.25, -0.2) is 4.79 Å². The van der Waals surface area contributed by atoms with Crippen molar-refractivity contribution in [1.82, 2.24) is 9.47 Å². The van der Waals surface area contributed by atoms with Crippen LogP contribution in [0, 0.1) is 5.92 Å². The molecule has 9 nitrogen and oxygen atoms in total. The number of rotatable bonds is 4. The number of esters is 1. The van der Waals surface area contributed by atoms with E-state index in [0.717, 1.165) is 4.57 Å². The van der Waals surface area contributed by atoms with Crippen LogP contribution < -0.4 is 10.9 Å². The van der Waals surface area contributed by atoms with Gasteiger partial charge in [-0.1, -0.05) is 0 Å². The second kappa shape index (κ2) is 7.62. The lowest BCUT2D eigenvalue weighted by atomic mass is 9.97. The molecule has 2 amide bonds. The Labute approximate surface area is 137 Å². The van der Waals surface area contributed by atoms with Crippen LogP contribution in [-0.2, 0) is 20.9 Å². The third-order valence-electron chi connectivity index (χ3n) is 3.84. The quantitative estimate of drug-likeness (QED) is 0.766. The molecule has 2 heterocycles. The van der Waals surface area contributed by atoms with Crippen molar-refractivity contribution in [3.8, 4) is 0 Å². The highest BCUT2D eigenvalue weighted by atomic mass is 16.5. The largest absolute Gasteiger partial charge is 0.468 e. The first kappa shape index (κ1) is 17.5. The molecule has 0 radical (unpaired) electrons. The molecule has 1 fully saturated rings. The lowest BCUT2D eigenvalue weighted by Gasteiger charge is -2.29. The highest BCUT2D eigenvalue weighted by molar-refractivity contribution is 5.92. The summed E-state index contributed by atoms with van der Waals surface area (Å²) in [5, 5.41) is 11.7. The minimum atomic E-state index is -1.04. The molecule has 0 saturated carbocycles. The fraction of sp³-hybridized carbons (Fsp3) is 0.467. The van der Waals surface area contributed by atoms with Crippen LogP contribution in [0.2, 0.25) is 0 Å². The lowest BCUT2D eigenvalue weighted by molar-refractivity contribution is -0.141. The van der Waals surface area contributed by atoms with E-state index in [1.807, 2.05) is 0 Å². The first-order valence-electron chi connectivity index (χ1n) is 7.46. The molecule has 0 aliphatic carbocycles. The number of hydrogen-bond donors (Lipinski definition) is 2. The fourth-order valence-electron chi connectivity index (χ4n) is 2.54. The van der Waals surface area contributed by atoms with Gasteiger partial charge in [-0.15, -0.1) is 0 Å². The number of carbonyl (C=O) groups is 3. The predicted molar refractivity (Wildman–Crippen MR) is 83.7 cm³/mol. The molecule has 2 N–H and O–H groups in total. The van der Waals surface area contributed by atoms with E-state index in [4.69, 9.17) is 5.11 Å². The molecule has 9 heteroatoms. The van der Waals surface area contributed by atoms with Gasteiger partial charge in [-0.3, -0.25) is 14.4 Å². The standard InChI is InChI=1S/C15H19N3O6/c1-24-13(20)9-18-8-11(4-5-12(18)19)16-14(21)10-3-2-6-17(7-10)15(22)23/h4-5,8,10H,2-3,6-7,9H2,1H3,(H,16,21)(H,22,23). The molecule has 2 rings (SSSR count). The Morgan fingerprint density at radius 2 is 2.12 bits per heavy atom. The topological polar surface area (TPSA) is 118 Å². The highest BCUT2D eigenvalue weighted by Gasteiger charge is 2.28. The Bertz CT molecular complexity index is 699. The molecule has 1 atom stereocenters. The van der Waals surface area contributed by atoms with E-state index in [0.29, 0.717) is 25.1 Å². The van der Waals surface area contributed by atoms with Crippen LogP contribution in [0.1, 0.15) is 12.8 Å². The van der Waals surface area contributed by atoms with Gasteiger partial charge in [0.05, 0.1) is 18.7 Å². The Hall–Kier alpha value is -2.84. The van der Waals surface area contributed by atoms with Gasteiger partial charge in [0.2, 0.25) is 5.91 Å². The molecular formula is C15H19N3O6. The summed E-state index contributed by atoms with van der Waals surface area (Å²) < 4.78 is 5.64. The molecule has 1 aliphatic heterocycles. The Morgan fingerprint density at radius 3 is 2.79 bits per heavy atom. The molecule has 1 unspecified atom stereocenters. The van der Waals surface area contributed by atoms with Gasteiger partial charge in [-0.05, 0) is 18.9 Å². The maximum Gasteiger partial charge on any atom is 0.407 e. The van der Waals surface area contributed by atoms with Crippen LogP contribution in [-0.4, -0.2) is 52.7 Å². The lowest BCUT2D eigenvalue weighted by Crippen LogP contribution is -2.43. The minimum Gasteiger partial charge on any atom is -0.468 e. The van der Waals surface area contributed by atoms with Crippen molar-refractivity contribution in [3.63, 3.8) is 0 Å². The van der Waals surface area contributed by atoms with Gasteiger partial charge in [0, 0.05) is 25.4 Å². The van der Waals surface area contributed by atoms with Crippen molar-refractivity contribution in [2.24, 2.45) is 5.92 Å². The number of methoxy groups -OCH3 is 1. The first-order valence-corrected chi connectivity index (χ1v) is 7.46. The molecule has 1 aromatic rings. The summed E-state index contributed by atoms with van der Waals surface area (Å²) in [6, 6.07) is 2.68. The summed E-state index contributed by atoms with van der Waals surface area (Å²) in [4.78, 5) is 47.5. The number of likely N-dealkylation sites (tertiary alicyclic amines) is 1. The van der Waals surface area contributed by atoms with Crippen molar-refractivity contribution in [3.05, 3.63) is 28.7 Å². The normalized spacial score (nSPS) is 17.2. The predicted octanol–water partition coefficient (Wildman–Crippen LogP) is 0.350. The summed E-state index contributed by atoms with van der Waals surface area (Å²) >= 11 is 0. The molecule has 130 valence electrons. The number of anilines is 1. The molecular weight excluding hydrogens is 318 g/mol. The first-order chi connectivity index (χ1) is 11.4. The highest BCUT2D eigenvalue weighted by Crippen LogP contribution is 2.18. The van der Waals surface area contributed by atoms with Crippen LogP contribution in [0.5, 0.6) is 0 Å². The number of nitrogens with zero attached hydrogens (tertiary/aromatic N) is 2. The van der Waals surface area contributed by atoms with Gasteiger partial charge >= 0.3 is 12.1 Å². The third-order valence-corrected chi connectivity index (χ3v) is 3.84. The number of aromatic nitrogens is 1. The molecule has 0 bridgehead atoms. The van der Waals surface area contributed by atoms with Crippen LogP contribution in [0.15, 0.2) is 23.1 Å². The van der Waals surface area contributed by atoms with Crippen LogP contribution >= 0.6 is 0 Å². The Kier molecular flexibility index (Phi) is 5.56. The van der Waals surface area contributed by atoms with Crippen molar-refractivity contribution in [2.45, 2.75) is 19.4 Å². The third kappa shape index (κ3) is 4.34. The van der Waals surface area contributed by atoms with Gasteiger partial charge in [0.15, 0.2) is 0 Å². The molecule has 24 heavy (non-hydrogen) atoms. The minimum absolute atomic E-state index is 0.142. The zero-order valence-electron chi connectivity index (χ0n) is 13.2. The molecule has 1 aliphatic rings. The number of piperidine rings is 1. The van der Waals surface area contributed by atoms with Crippen LogP contribution in [0.3, 0.4) is 0 Å². The molecule has 0 spiro atoms. The molecule has 0 aromatic carbocycles. The second-order valence-electron chi connectivity index (χ2n) is 5.52. The van der Waals surface area contributed by atoms with Crippen molar-refractivity contribution in [2.75, 3.05) is 25.5 Å². The maximum absolute atomic E-state index is 12.3. The van der Waals surface area contributed by atoms with E-state index in [1.54, 1.807) is 0 Å². The smallest absolute Gasteiger partial charge is 0.407 e. The maximum atomic E-state index is 12.3. The van der Waals surface area contributed by atoms with Crippen LogP contribution in [0.25, 0.3) is 0 Å². The number of nitrogens with one attached hydrogen (secondary N) is 1. The van der Waals surface area contributed by atoms with Gasteiger partial charge in [0.25, 0.3) is 5.56 Å². The van der Waals surface area contributed by atoms with Gasteiger partial charge in [-0.2, -0.15) is 0 Å². The zero-order chi connectivity index (χ0) is 17.7. The summed E-state index contributed by atoms with van der Waals surface area (Å²) in [5.74, 6) is -1.34. The van der Waals surface area contributed by atoms with Crippen molar-refractivity contribution >= 4 is 23.7 Å². The van der Waals surface area contributed by atoms with E-state index >= 15 is 0 Å². The van der Waals surface area contributed by atoms with Crippen LogP contribution in [0.4, 0.5) is 10.5 Å². The van der Waals surface area contributed by atoms with Gasteiger partial charge in [0.1, 0.15) is 6.54 Å². The summed E-state index contributed by atoms with van der Waals surface area (Å²) in [6.07, 6.45) is 1.53. The number of carboxylic acid groups (broad SMARTS) is 1. The average Bonchev–Trinajstić information content (AvgIpc) is 2.57. The fourth-order valence-corrected chi connectivity index (χ4v) is 2.54. The summed E-state index contributed by atoms with van der Waals surface area (Å²) in [5.41, 5.74) is -0.0379. The number of carbonyl (C=O) groups excluding carboxylic acids is 2. The summed E-state index contributed by atoms with van der Waals surface area (Å²) in [7, 11) is 1.22. The van der Waals surface area contributed by atoms with Gasteiger partial charge < -0.3 is 24.6 Å². The number of ether oxygens (including phenoxy) is 1. The Balaban J connectivity index is 2.06. The second-order valence-corrected chi connectivity index (χ2v) is 5.52. The SMILES string of the molecule is COC(=O)Cn1cc(NC(=O)C2CCCN(C(=O)O)C2)ccc1=O. The van der Waals surface area contributed by atoms with E-state index in [2.05, 4.69) is 10.1 Å². The van der Waals surface area contributed by atoms with Crippen molar-refractivity contribution in [1.29, 1.82) is 0 Å². The Morgan fingerprint density at radius 1 is 1.38 bits per heavy atom.